The van der Waals surface area contributed by atoms with Crippen molar-refractivity contribution in [2.45, 2.75) is 19.8 Å². The molecule has 0 unspecified atom stereocenters. The van der Waals surface area contributed by atoms with Gasteiger partial charge >= 0.3 is 0 Å². The van der Waals surface area contributed by atoms with E-state index in [9.17, 15) is 14.7 Å². The highest BCUT2D eigenvalue weighted by Crippen LogP contribution is 2.27. The number of para-hydroxylation sites is 1. The van der Waals surface area contributed by atoms with Crippen LogP contribution in [0.5, 0.6) is 11.6 Å². The zero-order valence-electron chi connectivity index (χ0n) is 20.6. The Bertz CT molecular complexity index is 1530. The number of anilines is 1. The van der Waals surface area contributed by atoms with Crippen LogP contribution in [0.3, 0.4) is 0 Å². The number of hydrogen-bond acceptors (Lipinski definition) is 6. The standard InChI is InChI=1S/C29H28N4O4/c1-2-37-22-15-13-21(14-16-22)33-28(35)24-11-5-4-10-23(24)25(29(33)36)18-30-31-27(34)19-32-17-7-9-20-8-3-6-12-26(20)32/h3-6,8,10-16,18,36H,2,7,9,17,19H2,1H3,(H,31,34). The Balaban J connectivity index is 1.42. The molecule has 8 heteroatoms. The van der Waals surface area contributed by atoms with Crippen molar-refractivity contribution < 1.29 is 14.6 Å². The van der Waals surface area contributed by atoms with Crippen LogP contribution in [0.25, 0.3) is 16.5 Å². The van der Waals surface area contributed by atoms with Crippen LogP contribution in [-0.4, -0.2) is 41.5 Å². The summed E-state index contributed by atoms with van der Waals surface area (Å²) in [6, 6.07) is 22.0. The number of nitrogens with one attached hydrogen (secondary N) is 1. The Morgan fingerprint density at radius 1 is 1.05 bits per heavy atom. The molecule has 2 heterocycles. The monoisotopic (exact) mass is 496 g/mol. The minimum atomic E-state index is -0.359. The maximum Gasteiger partial charge on any atom is 0.265 e. The van der Waals surface area contributed by atoms with E-state index in [2.05, 4.69) is 16.6 Å². The zero-order valence-corrected chi connectivity index (χ0v) is 20.6. The number of ether oxygens (including phenoxy) is 1. The fourth-order valence-electron chi connectivity index (χ4n) is 4.74. The number of pyridine rings is 1. The molecular weight excluding hydrogens is 468 g/mol. The van der Waals surface area contributed by atoms with Crippen molar-refractivity contribution in [1.29, 1.82) is 0 Å². The molecule has 3 aromatic carbocycles. The molecule has 0 spiro atoms. The van der Waals surface area contributed by atoms with Crippen LogP contribution < -0.4 is 20.6 Å². The number of fused-ring (bicyclic) bond motifs is 2. The van der Waals surface area contributed by atoms with Crippen LogP contribution in [0.15, 0.2) is 82.7 Å². The summed E-state index contributed by atoms with van der Waals surface area (Å²) in [6.07, 6.45) is 3.37. The molecular formula is C29H28N4O4. The molecule has 1 aliphatic rings. The summed E-state index contributed by atoms with van der Waals surface area (Å²) in [4.78, 5) is 28.0. The van der Waals surface area contributed by atoms with Crippen molar-refractivity contribution in [2.75, 3.05) is 24.6 Å². The Morgan fingerprint density at radius 3 is 2.57 bits per heavy atom. The smallest absolute Gasteiger partial charge is 0.265 e. The Labute approximate surface area is 214 Å². The van der Waals surface area contributed by atoms with E-state index in [1.54, 1.807) is 48.5 Å². The molecule has 37 heavy (non-hydrogen) atoms. The average Bonchev–Trinajstić information content (AvgIpc) is 2.92. The first-order chi connectivity index (χ1) is 18.1. The van der Waals surface area contributed by atoms with Gasteiger partial charge in [0.25, 0.3) is 11.5 Å². The molecule has 1 amide bonds. The van der Waals surface area contributed by atoms with Crippen LogP contribution in [0, 0.1) is 0 Å². The van der Waals surface area contributed by atoms with E-state index < -0.39 is 0 Å². The normalized spacial score (nSPS) is 13.1. The Hall–Kier alpha value is -4.59. The van der Waals surface area contributed by atoms with Gasteiger partial charge in [0.05, 0.1) is 30.6 Å². The number of rotatable bonds is 7. The first-order valence-corrected chi connectivity index (χ1v) is 12.3. The number of hydrazone groups is 1. The lowest BCUT2D eigenvalue weighted by molar-refractivity contribution is -0.119. The molecule has 1 aromatic heterocycles. The van der Waals surface area contributed by atoms with Crippen LogP contribution in [0.2, 0.25) is 0 Å². The van der Waals surface area contributed by atoms with Gasteiger partial charge in [0.15, 0.2) is 0 Å². The molecule has 0 aliphatic carbocycles. The predicted octanol–water partition coefficient (Wildman–Crippen LogP) is 4.00. The molecule has 2 N–H and O–H groups in total. The first kappa shape index (κ1) is 24.1. The van der Waals surface area contributed by atoms with Crippen LogP contribution in [0.1, 0.15) is 24.5 Å². The van der Waals surface area contributed by atoms with E-state index in [-0.39, 0.29) is 23.9 Å². The summed E-state index contributed by atoms with van der Waals surface area (Å²) < 4.78 is 6.71. The molecule has 0 saturated carbocycles. The highest BCUT2D eigenvalue weighted by molar-refractivity contribution is 6.02. The SMILES string of the molecule is CCOc1ccc(-n2c(O)c(C=NNC(=O)CN3CCCc4ccccc43)c3ccccc3c2=O)cc1. The Kier molecular flexibility index (Phi) is 6.89. The van der Waals surface area contributed by atoms with E-state index in [1.807, 2.05) is 30.0 Å². The van der Waals surface area contributed by atoms with Gasteiger partial charge in [0, 0.05) is 23.0 Å². The van der Waals surface area contributed by atoms with E-state index >= 15 is 0 Å². The summed E-state index contributed by atoms with van der Waals surface area (Å²) in [6.45, 7) is 3.39. The van der Waals surface area contributed by atoms with E-state index in [1.165, 1.54) is 16.3 Å². The molecule has 8 nitrogen and oxygen atoms in total. The van der Waals surface area contributed by atoms with Crippen molar-refractivity contribution in [3.8, 4) is 17.3 Å². The molecule has 0 atom stereocenters. The van der Waals surface area contributed by atoms with Gasteiger partial charge in [-0.15, -0.1) is 0 Å². The van der Waals surface area contributed by atoms with Crippen molar-refractivity contribution in [1.82, 2.24) is 9.99 Å². The van der Waals surface area contributed by atoms with E-state index in [0.29, 0.717) is 34.4 Å². The highest BCUT2D eigenvalue weighted by atomic mass is 16.5. The number of aromatic hydroxyl groups is 1. The number of benzene rings is 3. The third-order valence-electron chi connectivity index (χ3n) is 6.43. The lowest BCUT2D eigenvalue weighted by atomic mass is 10.0. The van der Waals surface area contributed by atoms with E-state index in [0.717, 1.165) is 25.1 Å². The molecule has 5 rings (SSSR count). The molecule has 4 aromatic rings. The predicted molar refractivity (Wildman–Crippen MR) is 145 cm³/mol. The lowest BCUT2D eigenvalue weighted by Gasteiger charge is -2.30. The summed E-state index contributed by atoms with van der Waals surface area (Å²) in [5.74, 6) is 0.132. The molecule has 0 bridgehead atoms. The van der Waals surface area contributed by atoms with Crippen LogP contribution in [0.4, 0.5) is 5.69 Å². The molecule has 188 valence electrons. The molecule has 0 fully saturated rings. The second kappa shape index (κ2) is 10.6. The number of nitrogens with zero attached hydrogens (tertiary/aromatic N) is 3. The van der Waals surface area contributed by atoms with Gasteiger partial charge in [-0.1, -0.05) is 36.4 Å². The summed E-state index contributed by atoms with van der Waals surface area (Å²) >= 11 is 0. The minimum Gasteiger partial charge on any atom is -0.494 e. The second-order valence-corrected chi connectivity index (χ2v) is 8.80. The van der Waals surface area contributed by atoms with Gasteiger partial charge in [0.1, 0.15) is 5.75 Å². The van der Waals surface area contributed by atoms with Gasteiger partial charge in [-0.3, -0.25) is 9.59 Å². The molecule has 0 radical (unpaired) electrons. The quantitative estimate of drug-likeness (QED) is 0.298. The molecule has 0 saturated heterocycles. The zero-order chi connectivity index (χ0) is 25.8. The molecule has 1 aliphatic heterocycles. The number of aryl methyl sites for hydroxylation is 1. The fourth-order valence-corrected chi connectivity index (χ4v) is 4.74. The van der Waals surface area contributed by atoms with Crippen molar-refractivity contribution in [2.24, 2.45) is 5.10 Å². The third-order valence-corrected chi connectivity index (χ3v) is 6.43. The van der Waals surface area contributed by atoms with Crippen LogP contribution >= 0.6 is 0 Å². The minimum absolute atomic E-state index is 0.173. The number of amides is 1. The maximum atomic E-state index is 13.3. The maximum absolute atomic E-state index is 13.3. The van der Waals surface area contributed by atoms with E-state index in [4.69, 9.17) is 4.74 Å². The van der Waals surface area contributed by atoms with Gasteiger partial charge in [-0.2, -0.15) is 5.10 Å². The topological polar surface area (TPSA) is 96.2 Å². The lowest BCUT2D eigenvalue weighted by Crippen LogP contribution is -2.38. The van der Waals surface area contributed by atoms with Gasteiger partial charge in [-0.05, 0) is 61.7 Å². The van der Waals surface area contributed by atoms with Gasteiger partial charge in [-0.25, -0.2) is 9.99 Å². The number of carbonyl (C=O) groups excluding carboxylic acids is 1. The van der Waals surface area contributed by atoms with Gasteiger partial charge < -0.3 is 14.7 Å². The third kappa shape index (κ3) is 4.91. The van der Waals surface area contributed by atoms with Crippen molar-refractivity contribution in [3.63, 3.8) is 0 Å². The fraction of sp³-hybridized carbons (Fsp3) is 0.207. The van der Waals surface area contributed by atoms with Crippen molar-refractivity contribution >= 4 is 28.6 Å². The van der Waals surface area contributed by atoms with Crippen LogP contribution in [-0.2, 0) is 11.2 Å². The number of aromatic nitrogens is 1. The average molecular weight is 497 g/mol. The van der Waals surface area contributed by atoms with Gasteiger partial charge in [0.2, 0.25) is 5.88 Å². The number of carbonyl (C=O) groups is 1. The second-order valence-electron chi connectivity index (χ2n) is 8.80. The largest absolute Gasteiger partial charge is 0.494 e. The highest BCUT2D eigenvalue weighted by Gasteiger charge is 2.19. The number of hydrogen-bond donors (Lipinski definition) is 2. The Morgan fingerprint density at radius 2 is 1.78 bits per heavy atom. The summed E-state index contributed by atoms with van der Waals surface area (Å²) in [5, 5.41) is 16.2. The summed E-state index contributed by atoms with van der Waals surface area (Å²) in [5.41, 5.74) is 5.33. The first-order valence-electron chi connectivity index (χ1n) is 12.3. The summed E-state index contributed by atoms with van der Waals surface area (Å²) in [7, 11) is 0. The van der Waals surface area contributed by atoms with Crippen molar-refractivity contribution in [3.05, 3.63) is 94.3 Å².